The predicted molar refractivity (Wildman–Crippen MR) is 69.7 cm³/mol. The zero-order chi connectivity index (χ0) is 11.4. The van der Waals surface area contributed by atoms with Crippen molar-refractivity contribution in [1.82, 2.24) is 0 Å². The molecule has 0 bridgehead atoms. The van der Waals surface area contributed by atoms with Crippen LogP contribution in [0.4, 0.5) is 5.69 Å². The van der Waals surface area contributed by atoms with E-state index in [0.29, 0.717) is 12.3 Å². The number of aromatic hydroxyl groups is 1. The van der Waals surface area contributed by atoms with E-state index in [1.54, 1.807) is 6.07 Å². The fourth-order valence-corrected chi connectivity index (χ4v) is 1.98. The van der Waals surface area contributed by atoms with Crippen LogP contribution in [0.3, 0.4) is 0 Å². The molecular formula is C13H12BrNO. The van der Waals surface area contributed by atoms with Crippen molar-refractivity contribution in [2.24, 2.45) is 0 Å². The van der Waals surface area contributed by atoms with E-state index in [2.05, 4.69) is 16.1 Å². The van der Waals surface area contributed by atoms with Crippen molar-refractivity contribution in [3.8, 4) is 5.75 Å². The van der Waals surface area contributed by atoms with Crippen LogP contribution in [-0.4, -0.2) is 5.11 Å². The molecule has 2 aromatic carbocycles. The van der Waals surface area contributed by atoms with Crippen LogP contribution in [0.25, 0.3) is 0 Å². The van der Waals surface area contributed by atoms with Gasteiger partial charge in [-0.2, -0.15) is 0 Å². The number of hydrogen-bond acceptors (Lipinski definition) is 2. The molecule has 2 nitrogen and oxygen atoms in total. The molecular weight excluding hydrogens is 266 g/mol. The Kier molecular flexibility index (Phi) is 3.47. The van der Waals surface area contributed by atoms with E-state index in [-0.39, 0.29) is 0 Å². The number of rotatable bonds is 3. The highest BCUT2D eigenvalue weighted by atomic mass is 79.9. The Morgan fingerprint density at radius 3 is 2.25 bits per heavy atom. The fraction of sp³-hybridized carbons (Fsp3) is 0.0769. The Bertz CT molecular complexity index is 458. The van der Waals surface area contributed by atoms with Crippen LogP contribution in [0.2, 0.25) is 0 Å². The second-order valence-electron chi connectivity index (χ2n) is 3.48. The molecule has 0 fully saturated rings. The average molecular weight is 278 g/mol. The van der Waals surface area contributed by atoms with Gasteiger partial charge in [-0.25, -0.2) is 0 Å². The molecule has 0 saturated carbocycles. The van der Waals surface area contributed by atoms with E-state index in [1.807, 2.05) is 52.5 Å². The Balaban J connectivity index is 2.14. The highest BCUT2D eigenvalue weighted by Gasteiger charge is 2.06. The molecule has 82 valence electrons. The fourth-order valence-electron chi connectivity index (χ4n) is 1.48. The molecule has 0 amide bonds. The van der Waals surface area contributed by atoms with Crippen LogP contribution >= 0.6 is 16.1 Å². The van der Waals surface area contributed by atoms with E-state index in [0.717, 1.165) is 11.3 Å². The van der Waals surface area contributed by atoms with Gasteiger partial charge in [-0.3, -0.25) is 0 Å². The first kappa shape index (κ1) is 11.0. The molecule has 0 radical (unpaired) electrons. The lowest BCUT2D eigenvalue weighted by molar-refractivity contribution is 0.468. The van der Waals surface area contributed by atoms with Crippen LogP contribution in [0.1, 0.15) is 5.56 Å². The molecule has 16 heavy (non-hydrogen) atoms. The standard InChI is InChI=1S/C13H12BrNO/c14-15(12-7-2-1-3-8-12)10-11-6-4-5-9-13(11)16/h1-9,16H,10H2. The van der Waals surface area contributed by atoms with Gasteiger partial charge in [-0.05, 0) is 18.2 Å². The molecule has 0 unspecified atom stereocenters. The Morgan fingerprint density at radius 1 is 0.938 bits per heavy atom. The smallest absolute Gasteiger partial charge is 0.120 e. The third kappa shape index (κ3) is 2.55. The van der Waals surface area contributed by atoms with Gasteiger partial charge in [0, 0.05) is 27.4 Å². The third-order valence-corrected chi connectivity index (χ3v) is 3.00. The SMILES string of the molecule is Oc1ccccc1CN(Br)c1ccccc1. The average Bonchev–Trinajstić information content (AvgIpc) is 2.33. The largest absolute Gasteiger partial charge is 0.508 e. The van der Waals surface area contributed by atoms with Gasteiger partial charge in [0.1, 0.15) is 5.75 Å². The maximum atomic E-state index is 9.66. The molecule has 0 aliphatic heterocycles. The Labute approximate surface area is 103 Å². The second kappa shape index (κ2) is 5.03. The second-order valence-corrected chi connectivity index (χ2v) is 4.34. The zero-order valence-electron chi connectivity index (χ0n) is 8.68. The quantitative estimate of drug-likeness (QED) is 0.865. The van der Waals surface area contributed by atoms with Gasteiger partial charge in [-0.1, -0.05) is 36.4 Å². The van der Waals surface area contributed by atoms with E-state index in [9.17, 15) is 5.11 Å². The molecule has 3 heteroatoms. The van der Waals surface area contributed by atoms with Gasteiger partial charge in [-0.15, -0.1) is 0 Å². The first-order valence-electron chi connectivity index (χ1n) is 5.02. The van der Waals surface area contributed by atoms with Crippen LogP contribution in [0, 0.1) is 0 Å². The summed E-state index contributed by atoms with van der Waals surface area (Å²) >= 11 is 3.48. The number of phenols is 1. The van der Waals surface area contributed by atoms with Gasteiger partial charge in [0.2, 0.25) is 0 Å². The molecule has 2 aromatic rings. The molecule has 0 aromatic heterocycles. The predicted octanol–water partition coefficient (Wildman–Crippen LogP) is 3.71. The van der Waals surface area contributed by atoms with Crippen molar-refractivity contribution in [3.63, 3.8) is 0 Å². The summed E-state index contributed by atoms with van der Waals surface area (Å²) in [4.78, 5) is 0. The maximum absolute atomic E-state index is 9.66. The van der Waals surface area contributed by atoms with Crippen LogP contribution in [-0.2, 0) is 6.54 Å². The Hall–Kier alpha value is -1.48. The van der Waals surface area contributed by atoms with E-state index in [1.165, 1.54) is 0 Å². The third-order valence-electron chi connectivity index (χ3n) is 2.34. The first-order chi connectivity index (χ1) is 7.77. The van der Waals surface area contributed by atoms with Crippen molar-refractivity contribution < 1.29 is 5.11 Å². The molecule has 0 spiro atoms. The minimum absolute atomic E-state index is 0.322. The highest BCUT2D eigenvalue weighted by molar-refractivity contribution is 9.10. The first-order valence-corrected chi connectivity index (χ1v) is 5.73. The lowest BCUT2D eigenvalue weighted by Crippen LogP contribution is -2.08. The van der Waals surface area contributed by atoms with Crippen LogP contribution < -0.4 is 3.93 Å². The molecule has 2 rings (SSSR count). The van der Waals surface area contributed by atoms with Crippen LogP contribution in [0.5, 0.6) is 5.75 Å². The van der Waals surface area contributed by atoms with Crippen molar-refractivity contribution in [2.45, 2.75) is 6.54 Å². The van der Waals surface area contributed by atoms with Gasteiger partial charge in [0.25, 0.3) is 0 Å². The number of para-hydroxylation sites is 2. The van der Waals surface area contributed by atoms with Gasteiger partial charge in [0.15, 0.2) is 0 Å². The van der Waals surface area contributed by atoms with Crippen LogP contribution in [0.15, 0.2) is 54.6 Å². The van der Waals surface area contributed by atoms with Crippen molar-refractivity contribution >= 4 is 21.8 Å². The van der Waals surface area contributed by atoms with Gasteiger partial charge < -0.3 is 9.03 Å². The molecule has 1 N–H and O–H groups in total. The lowest BCUT2D eigenvalue weighted by atomic mass is 10.2. The summed E-state index contributed by atoms with van der Waals surface area (Å²) in [6, 6.07) is 17.3. The molecule has 0 heterocycles. The van der Waals surface area contributed by atoms with Crippen molar-refractivity contribution in [2.75, 3.05) is 3.93 Å². The maximum Gasteiger partial charge on any atom is 0.120 e. The highest BCUT2D eigenvalue weighted by Crippen LogP contribution is 2.24. The lowest BCUT2D eigenvalue weighted by Gasteiger charge is -2.16. The summed E-state index contributed by atoms with van der Waals surface area (Å²) in [5.41, 5.74) is 1.95. The summed E-state index contributed by atoms with van der Waals surface area (Å²) in [6.07, 6.45) is 0. The van der Waals surface area contributed by atoms with E-state index >= 15 is 0 Å². The zero-order valence-corrected chi connectivity index (χ0v) is 10.3. The summed E-state index contributed by atoms with van der Waals surface area (Å²) in [7, 11) is 0. The minimum Gasteiger partial charge on any atom is -0.508 e. The van der Waals surface area contributed by atoms with E-state index < -0.39 is 0 Å². The Morgan fingerprint density at radius 2 is 1.56 bits per heavy atom. The van der Waals surface area contributed by atoms with Gasteiger partial charge >= 0.3 is 0 Å². The summed E-state index contributed by atoms with van der Waals surface area (Å²) < 4.78 is 1.92. The number of anilines is 1. The normalized spacial score (nSPS) is 10.1. The van der Waals surface area contributed by atoms with Crippen molar-refractivity contribution in [1.29, 1.82) is 0 Å². The molecule has 0 aliphatic carbocycles. The number of hydrogen-bond donors (Lipinski definition) is 1. The molecule has 0 atom stereocenters. The summed E-state index contributed by atoms with van der Waals surface area (Å²) in [5, 5.41) is 9.66. The summed E-state index contributed by atoms with van der Waals surface area (Å²) in [6.45, 7) is 0.622. The topological polar surface area (TPSA) is 23.5 Å². The number of benzene rings is 2. The van der Waals surface area contributed by atoms with E-state index in [4.69, 9.17) is 0 Å². The number of halogens is 1. The molecule has 0 aliphatic rings. The minimum atomic E-state index is 0.322. The monoisotopic (exact) mass is 277 g/mol. The number of nitrogens with zero attached hydrogens (tertiary/aromatic N) is 1. The number of phenolic OH excluding ortho intramolecular Hbond substituents is 1. The molecule has 0 saturated heterocycles. The van der Waals surface area contributed by atoms with Gasteiger partial charge in [0.05, 0.1) is 6.54 Å². The van der Waals surface area contributed by atoms with Crippen molar-refractivity contribution in [3.05, 3.63) is 60.2 Å². The summed E-state index contributed by atoms with van der Waals surface area (Å²) in [5.74, 6) is 0.322.